The second kappa shape index (κ2) is 8.97. The molecule has 6 nitrogen and oxygen atoms in total. The number of likely N-dealkylation sites (N-methyl/N-ethyl adjacent to an activating group) is 1. The van der Waals surface area contributed by atoms with Gasteiger partial charge in [0.1, 0.15) is 5.75 Å². The highest BCUT2D eigenvalue weighted by Crippen LogP contribution is 2.32. The number of rotatable bonds is 6. The Hall–Kier alpha value is -2.44. The number of nitrogens with zero attached hydrogens (tertiary/aromatic N) is 1. The van der Waals surface area contributed by atoms with Gasteiger partial charge in [-0.05, 0) is 37.4 Å². The van der Waals surface area contributed by atoms with E-state index < -0.39 is 0 Å². The summed E-state index contributed by atoms with van der Waals surface area (Å²) in [5.41, 5.74) is 1.61. The van der Waals surface area contributed by atoms with Crippen molar-refractivity contribution in [3.63, 3.8) is 0 Å². The predicted molar refractivity (Wildman–Crippen MR) is 105 cm³/mol. The zero-order valence-electron chi connectivity index (χ0n) is 15.5. The molecule has 0 aromatic heterocycles. The molecule has 144 valence electrons. The Bertz CT molecular complexity index is 813. The number of methoxy groups -OCH3 is 1. The lowest BCUT2D eigenvalue weighted by atomic mass is 10.2. The number of halogens is 1. The van der Waals surface area contributed by atoms with Gasteiger partial charge in [-0.2, -0.15) is 0 Å². The first-order valence-corrected chi connectivity index (χ1v) is 9.13. The standard InChI is InChI=1S/C20H23ClN2O4/c1-23(12-14-10-15(21)4-6-17(14)25-2)13-20(24)22-16-5-7-18-19(11-16)27-9-3-8-26-18/h4-7,10-11H,3,8-9,12-13H2,1-2H3,(H,22,24). The second-order valence-corrected chi connectivity index (χ2v) is 6.83. The van der Waals surface area contributed by atoms with Crippen molar-refractivity contribution in [3.05, 3.63) is 47.0 Å². The van der Waals surface area contributed by atoms with E-state index in [-0.39, 0.29) is 12.5 Å². The molecule has 3 rings (SSSR count). The van der Waals surface area contributed by atoms with Gasteiger partial charge in [0.25, 0.3) is 0 Å². The zero-order chi connectivity index (χ0) is 19.2. The minimum Gasteiger partial charge on any atom is -0.496 e. The lowest BCUT2D eigenvalue weighted by molar-refractivity contribution is -0.117. The predicted octanol–water partition coefficient (Wildman–Crippen LogP) is 3.58. The molecule has 7 heteroatoms. The smallest absolute Gasteiger partial charge is 0.238 e. The summed E-state index contributed by atoms with van der Waals surface area (Å²) in [5.74, 6) is 1.99. The number of benzene rings is 2. The van der Waals surface area contributed by atoms with Gasteiger partial charge in [-0.25, -0.2) is 0 Å². The molecular weight excluding hydrogens is 368 g/mol. The molecule has 0 radical (unpaired) electrons. The van der Waals surface area contributed by atoms with Crippen molar-refractivity contribution in [1.82, 2.24) is 4.90 Å². The van der Waals surface area contributed by atoms with E-state index in [0.29, 0.717) is 42.0 Å². The minimum atomic E-state index is -0.118. The van der Waals surface area contributed by atoms with Gasteiger partial charge in [-0.3, -0.25) is 9.69 Å². The molecule has 0 aliphatic carbocycles. The van der Waals surface area contributed by atoms with Gasteiger partial charge in [-0.15, -0.1) is 0 Å². The van der Waals surface area contributed by atoms with Crippen molar-refractivity contribution in [1.29, 1.82) is 0 Å². The van der Waals surface area contributed by atoms with E-state index in [0.717, 1.165) is 17.7 Å². The van der Waals surface area contributed by atoms with Crippen molar-refractivity contribution in [2.75, 3.05) is 39.2 Å². The van der Waals surface area contributed by atoms with Gasteiger partial charge in [0.05, 0.1) is 26.9 Å². The SMILES string of the molecule is COc1ccc(Cl)cc1CN(C)CC(=O)Nc1ccc2c(c1)OCCCO2. The molecule has 0 atom stereocenters. The van der Waals surface area contributed by atoms with Gasteiger partial charge in [0.2, 0.25) is 5.91 Å². The number of ether oxygens (including phenoxy) is 3. The van der Waals surface area contributed by atoms with Crippen LogP contribution in [-0.4, -0.2) is 44.7 Å². The highest BCUT2D eigenvalue weighted by atomic mass is 35.5. The summed E-state index contributed by atoms with van der Waals surface area (Å²) < 4.78 is 16.6. The molecule has 1 heterocycles. The van der Waals surface area contributed by atoms with Crippen LogP contribution < -0.4 is 19.5 Å². The molecule has 0 saturated heterocycles. The second-order valence-electron chi connectivity index (χ2n) is 6.39. The number of hydrogen-bond donors (Lipinski definition) is 1. The maximum absolute atomic E-state index is 12.4. The molecule has 1 amide bonds. The largest absolute Gasteiger partial charge is 0.496 e. The molecule has 0 bridgehead atoms. The van der Waals surface area contributed by atoms with Crippen molar-refractivity contribution in [2.45, 2.75) is 13.0 Å². The Morgan fingerprint density at radius 1 is 1.19 bits per heavy atom. The van der Waals surface area contributed by atoms with E-state index in [1.54, 1.807) is 19.2 Å². The zero-order valence-corrected chi connectivity index (χ0v) is 16.2. The topological polar surface area (TPSA) is 60.0 Å². The minimum absolute atomic E-state index is 0.118. The van der Waals surface area contributed by atoms with Crippen LogP contribution in [0.3, 0.4) is 0 Å². The van der Waals surface area contributed by atoms with Gasteiger partial charge >= 0.3 is 0 Å². The van der Waals surface area contributed by atoms with E-state index >= 15 is 0 Å². The fourth-order valence-electron chi connectivity index (χ4n) is 2.90. The molecule has 2 aromatic carbocycles. The molecule has 2 aromatic rings. The number of anilines is 1. The van der Waals surface area contributed by atoms with Crippen LogP contribution in [0, 0.1) is 0 Å². The van der Waals surface area contributed by atoms with Crippen molar-refractivity contribution < 1.29 is 19.0 Å². The Morgan fingerprint density at radius 2 is 1.96 bits per heavy atom. The average molecular weight is 391 g/mol. The van der Waals surface area contributed by atoms with E-state index in [4.69, 9.17) is 25.8 Å². The molecule has 1 aliphatic heterocycles. The maximum atomic E-state index is 12.4. The van der Waals surface area contributed by atoms with E-state index in [1.807, 2.05) is 36.2 Å². The quantitative estimate of drug-likeness (QED) is 0.816. The average Bonchev–Trinajstić information content (AvgIpc) is 2.86. The monoisotopic (exact) mass is 390 g/mol. The Kier molecular flexibility index (Phi) is 6.42. The highest BCUT2D eigenvalue weighted by molar-refractivity contribution is 6.30. The van der Waals surface area contributed by atoms with Crippen LogP contribution in [0.4, 0.5) is 5.69 Å². The number of carbonyl (C=O) groups is 1. The fourth-order valence-corrected chi connectivity index (χ4v) is 3.10. The van der Waals surface area contributed by atoms with Crippen LogP contribution in [-0.2, 0) is 11.3 Å². The molecule has 0 unspecified atom stereocenters. The van der Waals surface area contributed by atoms with Crippen LogP contribution in [0.1, 0.15) is 12.0 Å². The number of fused-ring (bicyclic) bond motifs is 1. The van der Waals surface area contributed by atoms with Crippen molar-refractivity contribution in [2.24, 2.45) is 0 Å². The third kappa shape index (κ3) is 5.28. The van der Waals surface area contributed by atoms with E-state index in [9.17, 15) is 4.79 Å². The van der Waals surface area contributed by atoms with Gasteiger partial charge < -0.3 is 19.5 Å². The summed E-state index contributed by atoms with van der Waals surface area (Å²) in [7, 11) is 3.48. The number of carbonyl (C=O) groups excluding carboxylic acids is 1. The molecule has 1 aliphatic rings. The number of amides is 1. The van der Waals surface area contributed by atoms with Gasteiger partial charge in [0.15, 0.2) is 11.5 Å². The normalized spacial score (nSPS) is 13.2. The molecule has 0 spiro atoms. The third-order valence-electron chi connectivity index (χ3n) is 4.13. The van der Waals surface area contributed by atoms with Gasteiger partial charge in [-0.1, -0.05) is 11.6 Å². The Labute approximate surface area is 164 Å². The van der Waals surface area contributed by atoms with Crippen LogP contribution in [0.25, 0.3) is 0 Å². The van der Waals surface area contributed by atoms with Crippen LogP contribution >= 0.6 is 11.6 Å². The van der Waals surface area contributed by atoms with E-state index in [2.05, 4.69) is 5.32 Å². The lowest BCUT2D eigenvalue weighted by Gasteiger charge is -2.18. The molecular formula is C20H23ClN2O4. The maximum Gasteiger partial charge on any atom is 0.238 e. The summed E-state index contributed by atoms with van der Waals surface area (Å²) >= 11 is 6.06. The fraction of sp³-hybridized carbons (Fsp3) is 0.350. The molecule has 27 heavy (non-hydrogen) atoms. The summed E-state index contributed by atoms with van der Waals surface area (Å²) in [4.78, 5) is 14.3. The summed E-state index contributed by atoms with van der Waals surface area (Å²) in [6, 6.07) is 10.9. The van der Waals surface area contributed by atoms with E-state index in [1.165, 1.54) is 0 Å². The Balaban J connectivity index is 1.59. The number of hydrogen-bond acceptors (Lipinski definition) is 5. The van der Waals surface area contributed by atoms with Crippen LogP contribution in [0.5, 0.6) is 17.2 Å². The first-order chi connectivity index (χ1) is 13.0. The molecule has 0 saturated carbocycles. The van der Waals surface area contributed by atoms with Crippen molar-refractivity contribution in [3.8, 4) is 17.2 Å². The van der Waals surface area contributed by atoms with Crippen LogP contribution in [0.2, 0.25) is 5.02 Å². The first kappa shape index (κ1) is 19.3. The molecule has 0 fully saturated rings. The Morgan fingerprint density at radius 3 is 2.74 bits per heavy atom. The summed E-state index contributed by atoms with van der Waals surface area (Å²) in [5, 5.41) is 3.53. The highest BCUT2D eigenvalue weighted by Gasteiger charge is 2.14. The summed E-state index contributed by atoms with van der Waals surface area (Å²) in [6.45, 7) is 2.01. The third-order valence-corrected chi connectivity index (χ3v) is 4.36. The lowest BCUT2D eigenvalue weighted by Crippen LogP contribution is -2.30. The van der Waals surface area contributed by atoms with Crippen molar-refractivity contribution >= 4 is 23.2 Å². The first-order valence-electron chi connectivity index (χ1n) is 8.75. The van der Waals surface area contributed by atoms with Crippen LogP contribution in [0.15, 0.2) is 36.4 Å². The van der Waals surface area contributed by atoms with Gasteiger partial charge in [0, 0.05) is 35.3 Å². The summed E-state index contributed by atoms with van der Waals surface area (Å²) in [6.07, 6.45) is 0.841. The molecule has 1 N–H and O–H groups in total. The number of nitrogens with one attached hydrogen (secondary N) is 1.